The summed E-state index contributed by atoms with van der Waals surface area (Å²) in [5, 5.41) is 5.17. The van der Waals surface area contributed by atoms with Gasteiger partial charge in [0, 0.05) is 21.7 Å². The Kier molecular flexibility index (Phi) is 3.17. The lowest BCUT2D eigenvalue weighted by molar-refractivity contribution is 0.625. The van der Waals surface area contributed by atoms with Crippen LogP contribution >= 0.6 is 15.9 Å². The first-order valence-electron chi connectivity index (χ1n) is 5.80. The smallest absolute Gasteiger partial charge is 0.166 e. The maximum Gasteiger partial charge on any atom is 0.166 e. The van der Waals surface area contributed by atoms with E-state index in [1.54, 1.807) is 6.20 Å². The first-order valence-corrected chi connectivity index (χ1v) is 6.59. The van der Waals surface area contributed by atoms with E-state index in [1.807, 2.05) is 42.5 Å². The van der Waals surface area contributed by atoms with Crippen LogP contribution in [0.25, 0.3) is 10.8 Å². The van der Waals surface area contributed by atoms with Gasteiger partial charge in [-0.25, -0.2) is 9.37 Å². The Morgan fingerprint density at radius 3 is 2.68 bits per heavy atom. The number of halogens is 2. The zero-order chi connectivity index (χ0) is 13.2. The molecular weight excluding hydrogens is 307 g/mol. The van der Waals surface area contributed by atoms with Gasteiger partial charge >= 0.3 is 0 Å². The van der Waals surface area contributed by atoms with Gasteiger partial charge < -0.3 is 5.32 Å². The van der Waals surface area contributed by atoms with E-state index >= 15 is 0 Å². The zero-order valence-corrected chi connectivity index (χ0v) is 11.5. The van der Waals surface area contributed by atoms with Crippen molar-refractivity contribution in [1.82, 2.24) is 4.98 Å². The Morgan fingerprint density at radius 1 is 1.05 bits per heavy atom. The molecule has 19 heavy (non-hydrogen) atoms. The molecule has 0 spiro atoms. The maximum atomic E-state index is 13.8. The van der Waals surface area contributed by atoms with Gasteiger partial charge in [-0.05, 0) is 33.4 Å². The number of rotatable bonds is 2. The molecule has 2 aromatic carbocycles. The van der Waals surface area contributed by atoms with Crippen LogP contribution in [0.3, 0.4) is 0 Å². The number of nitrogens with one attached hydrogen (secondary N) is 1. The van der Waals surface area contributed by atoms with Crippen LogP contribution in [0.2, 0.25) is 0 Å². The van der Waals surface area contributed by atoms with Crippen molar-refractivity contribution >= 4 is 38.2 Å². The number of benzene rings is 2. The van der Waals surface area contributed by atoms with Crippen LogP contribution < -0.4 is 5.32 Å². The molecule has 1 aromatic heterocycles. The Hall–Kier alpha value is -1.94. The van der Waals surface area contributed by atoms with Crippen LogP contribution in [0.1, 0.15) is 0 Å². The molecule has 3 rings (SSSR count). The van der Waals surface area contributed by atoms with E-state index in [2.05, 4.69) is 26.2 Å². The number of hydrogen-bond acceptors (Lipinski definition) is 2. The third-order valence-electron chi connectivity index (χ3n) is 2.85. The molecule has 0 aliphatic heterocycles. The van der Waals surface area contributed by atoms with Gasteiger partial charge in [0.15, 0.2) is 11.6 Å². The standard InChI is InChI=1S/C15H10BrFN2/c16-11-8-13(17)15(18-9-11)19-14-7-3-5-10-4-1-2-6-12(10)14/h1-9H,(H,18,19). The molecule has 94 valence electrons. The molecule has 0 saturated heterocycles. The van der Waals surface area contributed by atoms with E-state index in [1.165, 1.54) is 6.07 Å². The normalized spacial score (nSPS) is 10.6. The van der Waals surface area contributed by atoms with Crippen LogP contribution in [0, 0.1) is 5.82 Å². The second-order valence-electron chi connectivity index (χ2n) is 4.14. The molecule has 1 N–H and O–H groups in total. The Bertz CT molecular complexity index is 738. The Balaban J connectivity index is 2.06. The van der Waals surface area contributed by atoms with Crippen molar-refractivity contribution in [3.8, 4) is 0 Å². The first kappa shape index (κ1) is 12.1. The van der Waals surface area contributed by atoms with Crippen molar-refractivity contribution in [2.45, 2.75) is 0 Å². The van der Waals surface area contributed by atoms with Gasteiger partial charge in [0.2, 0.25) is 0 Å². The summed E-state index contributed by atoms with van der Waals surface area (Å²) >= 11 is 3.19. The summed E-state index contributed by atoms with van der Waals surface area (Å²) in [4.78, 5) is 4.05. The lowest BCUT2D eigenvalue weighted by atomic mass is 10.1. The van der Waals surface area contributed by atoms with Crippen molar-refractivity contribution < 1.29 is 4.39 Å². The lowest BCUT2D eigenvalue weighted by Crippen LogP contribution is -1.97. The zero-order valence-electron chi connectivity index (χ0n) is 9.90. The van der Waals surface area contributed by atoms with Crippen molar-refractivity contribution in [3.63, 3.8) is 0 Å². The highest BCUT2D eigenvalue weighted by molar-refractivity contribution is 9.10. The van der Waals surface area contributed by atoms with Crippen LogP contribution in [0.4, 0.5) is 15.9 Å². The van der Waals surface area contributed by atoms with Gasteiger partial charge in [-0.3, -0.25) is 0 Å². The molecule has 4 heteroatoms. The Morgan fingerprint density at radius 2 is 1.84 bits per heavy atom. The summed E-state index contributed by atoms with van der Waals surface area (Å²) in [5.74, 6) is -0.165. The molecule has 0 unspecified atom stereocenters. The predicted octanol–water partition coefficient (Wildman–Crippen LogP) is 4.88. The van der Waals surface area contributed by atoms with Crippen LogP contribution in [-0.2, 0) is 0 Å². The molecule has 0 saturated carbocycles. The predicted molar refractivity (Wildman–Crippen MR) is 79.1 cm³/mol. The highest BCUT2D eigenvalue weighted by atomic mass is 79.9. The molecule has 0 radical (unpaired) electrons. The lowest BCUT2D eigenvalue weighted by Gasteiger charge is -2.09. The molecule has 0 atom stereocenters. The average molecular weight is 317 g/mol. The number of nitrogens with zero attached hydrogens (tertiary/aromatic N) is 1. The highest BCUT2D eigenvalue weighted by Gasteiger charge is 2.06. The van der Waals surface area contributed by atoms with Gasteiger partial charge in [0.1, 0.15) is 0 Å². The van der Waals surface area contributed by atoms with Crippen molar-refractivity contribution in [1.29, 1.82) is 0 Å². The summed E-state index contributed by atoms with van der Waals surface area (Å²) in [6.07, 6.45) is 1.57. The maximum absolute atomic E-state index is 13.8. The highest BCUT2D eigenvalue weighted by Crippen LogP contribution is 2.27. The summed E-state index contributed by atoms with van der Waals surface area (Å²) in [7, 11) is 0. The van der Waals surface area contributed by atoms with Crippen LogP contribution in [0.5, 0.6) is 0 Å². The third kappa shape index (κ3) is 2.44. The minimum Gasteiger partial charge on any atom is -0.337 e. The van der Waals surface area contributed by atoms with E-state index in [9.17, 15) is 4.39 Å². The van der Waals surface area contributed by atoms with Gasteiger partial charge in [0.25, 0.3) is 0 Å². The summed E-state index contributed by atoms with van der Waals surface area (Å²) < 4.78 is 14.4. The van der Waals surface area contributed by atoms with E-state index in [-0.39, 0.29) is 11.6 Å². The third-order valence-corrected chi connectivity index (χ3v) is 3.28. The minimum atomic E-state index is -0.387. The average Bonchev–Trinajstić information content (AvgIpc) is 2.42. The van der Waals surface area contributed by atoms with Crippen molar-refractivity contribution in [2.24, 2.45) is 0 Å². The van der Waals surface area contributed by atoms with Crippen molar-refractivity contribution in [2.75, 3.05) is 5.32 Å². The van der Waals surface area contributed by atoms with E-state index in [4.69, 9.17) is 0 Å². The minimum absolute atomic E-state index is 0.222. The summed E-state index contributed by atoms with van der Waals surface area (Å²) in [6, 6.07) is 15.2. The molecule has 0 bridgehead atoms. The number of aromatic nitrogens is 1. The molecule has 2 nitrogen and oxygen atoms in total. The molecule has 0 aliphatic rings. The molecule has 0 amide bonds. The second kappa shape index (κ2) is 4.97. The monoisotopic (exact) mass is 316 g/mol. The number of fused-ring (bicyclic) bond motifs is 1. The van der Waals surface area contributed by atoms with Gasteiger partial charge in [-0.2, -0.15) is 0 Å². The summed E-state index contributed by atoms with van der Waals surface area (Å²) in [5.41, 5.74) is 0.840. The SMILES string of the molecule is Fc1cc(Br)cnc1Nc1cccc2ccccc12. The molecule has 1 heterocycles. The number of hydrogen-bond donors (Lipinski definition) is 1. The fourth-order valence-corrected chi connectivity index (χ4v) is 2.27. The van der Waals surface area contributed by atoms with E-state index in [0.29, 0.717) is 4.47 Å². The van der Waals surface area contributed by atoms with E-state index in [0.717, 1.165) is 16.5 Å². The van der Waals surface area contributed by atoms with Crippen LogP contribution in [0.15, 0.2) is 59.2 Å². The summed E-state index contributed by atoms with van der Waals surface area (Å²) in [6.45, 7) is 0. The largest absolute Gasteiger partial charge is 0.337 e. The first-order chi connectivity index (χ1) is 9.24. The quantitative estimate of drug-likeness (QED) is 0.728. The molecular formula is C15H10BrFN2. The molecule has 3 aromatic rings. The van der Waals surface area contributed by atoms with Gasteiger partial charge in [-0.15, -0.1) is 0 Å². The van der Waals surface area contributed by atoms with E-state index < -0.39 is 0 Å². The fourth-order valence-electron chi connectivity index (χ4n) is 1.97. The number of pyridine rings is 1. The molecule has 0 aliphatic carbocycles. The second-order valence-corrected chi connectivity index (χ2v) is 5.05. The number of anilines is 2. The van der Waals surface area contributed by atoms with Gasteiger partial charge in [-0.1, -0.05) is 36.4 Å². The fraction of sp³-hybridized carbons (Fsp3) is 0. The molecule has 0 fully saturated rings. The topological polar surface area (TPSA) is 24.9 Å². The van der Waals surface area contributed by atoms with Crippen molar-refractivity contribution in [3.05, 3.63) is 65.0 Å². The van der Waals surface area contributed by atoms with Gasteiger partial charge in [0.05, 0.1) is 0 Å². The Labute approximate surface area is 118 Å². The van der Waals surface area contributed by atoms with Crippen LogP contribution in [-0.4, -0.2) is 4.98 Å².